The van der Waals surface area contributed by atoms with Gasteiger partial charge < -0.3 is 14.3 Å². The van der Waals surface area contributed by atoms with Crippen molar-refractivity contribution in [3.05, 3.63) is 17.9 Å². The van der Waals surface area contributed by atoms with Gasteiger partial charge in [-0.15, -0.1) is 0 Å². The molecular weight excluding hydrogens is 262 g/mol. The number of hydrogen-bond acceptors (Lipinski definition) is 5. The molecule has 0 bridgehead atoms. The maximum atomic E-state index is 11.8. The van der Waals surface area contributed by atoms with Gasteiger partial charge in [0.05, 0.1) is 6.61 Å². The lowest BCUT2D eigenvalue weighted by molar-refractivity contribution is 0.0656. The molecule has 0 aromatic carbocycles. The first-order chi connectivity index (χ1) is 8.49. The summed E-state index contributed by atoms with van der Waals surface area (Å²) in [4.78, 5) is 10.6. The van der Waals surface area contributed by atoms with Gasteiger partial charge in [0.15, 0.2) is 0 Å². The Balaban J connectivity index is 2.02. The molecule has 7 nitrogen and oxygen atoms in total. The van der Waals surface area contributed by atoms with E-state index in [-0.39, 0.29) is 17.6 Å². The van der Waals surface area contributed by atoms with Crippen molar-refractivity contribution in [1.29, 1.82) is 0 Å². The molecule has 18 heavy (non-hydrogen) atoms. The highest BCUT2D eigenvalue weighted by molar-refractivity contribution is 7.89. The lowest BCUT2D eigenvalue weighted by Gasteiger charge is -2.08. The highest BCUT2D eigenvalue weighted by atomic mass is 32.2. The van der Waals surface area contributed by atoms with Gasteiger partial charge in [-0.25, -0.2) is 17.9 Å². The van der Waals surface area contributed by atoms with Crippen LogP contribution in [0.3, 0.4) is 0 Å². The number of carbonyl (C=O) groups is 1. The highest BCUT2D eigenvalue weighted by Crippen LogP contribution is 2.16. The van der Waals surface area contributed by atoms with Crippen molar-refractivity contribution in [2.45, 2.75) is 11.5 Å². The average molecular weight is 275 g/mol. The summed E-state index contributed by atoms with van der Waals surface area (Å²) >= 11 is 0. The van der Waals surface area contributed by atoms with Gasteiger partial charge in [0.1, 0.15) is 0 Å². The van der Waals surface area contributed by atoms with Gasteiger partial charge >= 0.3 is 5.97 Å². The number of carboxylic acids is 1. The average Bonchev–Trinajstić information content (AvgIpc) is 2.98. The quantitative estimate of drug-likeness (QED) is 0.800. The highest BCUT2D eigenvalue weighted by Gasteiger charge is 2.23. The minimum Gasteiger partial charge on any atom is -0.475 e. The van der Waals surface area contributed by atoms with Crippen LogP contribution in [0.25, 0.3) is 0 Å². The molecular formula is C10H13NO6S. The van der Waals surface area contributed by atoms with Crippen molar-refractivity contribution in [1.82, 2.24) is 4.72 Å². The largest absolute Gasteiger partial charge is 0.475 e. The van der Waals surface area contributed by atoms with Crippen LogP contribution in [0.1, 0.15) is 17.0 Å². The summed E-state index contributed by atoms with van der Waals surface area (Å²) in [5.74, 6) is -1.56. The standard InChI is InChI=1S/C10H13NO6S/c12-10(13)8-1-2-9(17-8)18(14,15)11-5-7-3-4-16-6-7/h1-2,7,11H,3-6H2,(H,12,13). The molecule has 1 aliphatic rings. The van der Waals surface area contributed by atoms with Crippen LogP contribution in [0.2, 0.25) is 0 Å². The zero-order valence-electron chi connectivity index (χ0n) is 9.46. The summed E-state index contributed by atoms with van der Waals surface area (Å²) < 4.78 is 35.8. The third-order valence-electron chi connectivity index (χ3n) is 2.64. The molecule has 1 saturated heterocycles. The third-order valence-corrected chi connectivity index (χ3v) is 3.94. The van der Waals surface area contributed by atoms with Crippen molar-refractivity contribution in [2.24, 2.45) is 5.92 Å². The maximum Gasteiger partial charge on any atom is 0.371 e. The van der Waals surface area contributed by atoms with Gasteiger partial charge in [0.25, 0.3) is 10.0 Å². The van der Waals surface area contributed by atoms with Crippen molar-refractivity contribution >= 4 is 16.0 Å². The molecule has 0 spiro atoms. The van der Waals surface area contributed by atoms with E-state index in [1.165, 1.54) is 0 Å². The molecule has 0 amide bonds. The molecule has 100 valence electrons. The van der Waals surface area contributed by atoms with Crippen LogP contribution in [0.15, 0.2) is 21.6 Å². The van der Waals surface area contributed by atoms with E-state index >= 15 is 0 Å². The molecule has 1 aromatic heterocycles. The van der Waals surface area contributed by atoms with Gasteiger partial charge in [-0.2, -0.15) is 0 Å². The Labute approximate surface area is 104 Å². The third kappa shape index (κ3) is 2.89. The summed E-state index contributed by atoms with van der Waals surface area (Å²) in [6.07, 6.45) is 0.807. The lowest BCUT2D eigenvalue weighted by atomic mass is 10.1. The number of aromatic carboxylic acids is 1. The fourth-order valence-electron chi connectivity index (χ4n) is 1.62. The first kappa shape index (κ1) is 13.1. The van der Waals surface area contributed by atoms with E-state index in [0.717, 1.165) is 18.6 Å². The topological polar surface area (TPSA) is 106 Å². The molecule has 1 aromatic rings. The predicted molar refractivity (Wildman–Crippen MR) is 59.8 cm³/mol. The van der Waals surface area contributed by atoms with Gasteiger partial charge in [-0.05, 0) is 24.5 Å². The summed E-state index contributed by atoms with van der Waals surface area (Å²) in [5.41, 5.74) is 0. The van der Waals surface area contributed by atoms with Gasteiger partial charge in [0.2, 0.25) is 10.9 Å². The van der Waals surface area contributed by atoms with Gasteiger partial charge in [-0.1, -0.05) is 0 Å². The number of hydrogen-bond donors (Lipinski definition) is 2. The second kappa shape index (κ2) is 5.09. The molecule has 2 heterocycles. The first-order valence-corrected chi connectivity index (χ1v) is 6.88. The van der Waals surface area contributed by atoms with Crippen LogP contribution >= 0.6 is 0 Å². The van der Waals surface area contributed by atoms with Crippen LogP contribution in [0, 0.1) is 5.92 Å². The van der Waals surface area contributed by atoms with E-state index in [2.05, 4.69) is 4.72 Å². The van der Waals surface area contributed by atoms with Crippen molar-refractivity contribution in [3.63, 3.8) is 0 Å². The molecule has 0 saturated carbocycles. The van der Waals surface area contributed by atoms with Crippen LogP contribution in [0.5, 0.6) is 0 Å². The Morgan fingerprint density at radius 2 is 2.28 bits per heavy atom. The molecule has 1 fully saturated rings. The summed E-state index contributed by atoms with van der Waals surface area (Å²) in [6, 6.07) is 2.23. The normalized spacial score (nSPS) is 20.1. The van der Waals surface area contributed by atoms with E-state index in [1.54, 1.807) is 0 Å². The Morgan fingerprint density at radius 1 is 1.50 bits per heavy atom. The first-order valence-electron chi connectivity index (χ1n) is 5.39. The van der Waals surface area contributed by atoms with E-state index in [1.807, 2.05) is 0 Å². The monoisotopic (exact) mass is 275 g/mol. The second-order valence-electron chi connectivity index (χ2n) is 4.01. The lowest BCUT2D eigenvalue weighted by Crippen LogP contribution is -2.29. The Kier molecular flexibility index (Phi) is 3.69. The van der Waals surface area contributed by atoms with Crippen LogP contribution in [0.4, 0.5) is 0 Å². The zero-order chi connectivity index (χ0) is 13.2. The summed E-state index contributed by atoms with van der Waals surface area (Å²) in [7, 11) is -3.80. The van der Waals surface area contributed by atoms with Crippen molar-refractivity contribution in [3.8, 4) is 0 Å². The van der Waals surface area contributed by atoms with E-state index < -0.39 is 21.8 Å². The molecule has 1 unspecified atom stereocenters. The van der Waals surface area contributed by atoms with E-state index in [4.69, 9.17) is 14.3 Å². The summed E-state index contributed by atoms with van der Waals surface area (Å²) in [6.45, 7) is 1.42. The molecule has 0 radical (unpaired) electrons. The minimum atomic E-state index is -3.80. The molecule has 2 rings (SSSR count). The van der Waals surface area contributed by atoms with E-state index in [9.17, 15) is 13.2 Å². The minimum absolute atomic E-state index is 0.147. The Morgan fingerprint density at radius 3 is 2.83 bits per heavy atom. The van der Waals surface area contributed by atoms with Crippen molar-refractivity contribution in [2.75, 3.05) is 19.8 Å². The van der Waals surface area contributed by atoms with Crippen LogP contribution in [-0.4, -0.2) is 39.3 Å². The van der Waals surface area contributed by atoms with Crippen LogP contribution in [-0.2, 0) is 14.8 Å². The Hall–Kier alpha value is -1.38. The molecule has 1 aliphatic heterocycles. The van der Waals surface area contributed by atoms with Crippen LogP contribution < -0.4 is 4.72 Å². The number of furan rings is 1. The number of ether oxygens (including phenoxy) is 1. The maximum absolute atomic E-state index is 11.8. The number of carboxylic acid groups (broad SMARTS) is 1. The number of nitrogens with one attached hydrogen (secondary N) is 1. The molecule has 0 aliphatic carbocycles. The zero-order valence-corrected chi connectivity index (χ0v) is 10.3. The predicted octanol–water partition coefficient (Wildman–Crippen LogP) is 0.293. The fourth-order valence-corrected chi connectivity index (χ4v) is 2.67. The van der Waals surface area contributed by atoms with Gasteiger partial charge in [-0.3, -0.25) is 0 Å². The van der Waals surface area contributed by atoms with Crippen molar-refractivity contribution < 1.29 is 27.5 Å². The molecule has 2 N–H and O–H groups in total. The second-order valence-corrected chi connectivity index (χ2v) is 5.70. The smallest absolute Gasteiger partial charge is 0.371 e. The number of rotatable bonds is 5. The Bertz CT molecular complexity index is 528. The molecule has 8 heteroatoms. The SMILES string of the molecule is O=C(O)c1ccc(S(=O)(=O)NCC2CCOC2)o1. The van der Waals surface area contributed by atoms with Gasteiger partial charge in [0, 0.05) is 13.2 Å². The number of sulfonamides is 1. The molecule has 1 atom stereocenters. The fraction of sp³-hybridized carbons (Fsp3) is 0.500. The van der Waals surface area contributed by atoms with E-state index in [0.29, 0.717) is 13.2 Å². The summed E-state index contributed by atoms with van der Waals surface area (Å²) in [5, 5.41) is 8.25.